The number of hydrogen-bond acceptors (Lipinski definition) is 3. The zero-order valence-electron chi connectivity index (χ0n) is 9.59. The molecule has 2 aliphatic rings. The summed E-state index contributed by atoms with van der Waals surface area (Å²) in [6.07, 6.45) is -1.11. The maximum atomic E-state index is 11.9. The summed E-state index contributed by atoms with van der Waals surface area (Å²) in [6, 6.07) is 0. The van der Waals surface area contributed by atoms with Crippen LogP contribution in [-0.4, -0.2) is 38.4 Å². The number of halogens is 3. The molecule has 6 heteroatoms. The number of hydrogen-bond donors (Lipinski definition) is 0. The second-order valence-electron chi connectivity index (χ2n) is 4.68. The third kappa shape index (κ3) is 3.82. The van der Waals surface area contributed by atoms with Crippen molar-refractivity contribution in [1.82, 2.24) is 0 Å². The zero-order valence-corrected chi connectivity index (χ0v) is 9.59. The van der Waals surface area contributed by atoms with Crippen LogP contribution in [0, 0.1) is 5.92 Å². The lowest BCUT2D eigenvalue weighted by atomic mass is 9.85. The van der Waals surface area contributed by atoms with Gasteiger partial charge in [-0.25, -0.2) is 0 Å². The monoisotopic (exact) mass is 254 g/mol. The van der Waals surface area contributed by atoms with E-state index in [-0.39, 0.29) is 12.5 Å². The molecule has 2 rings (SSSR count). The van der Waals surface area contributed by atoms with Crippen molar-refractivity contribution in [3.8, 4) is 0 Å². The van der Waals surface area contributed by atoms with Crippen molar-refractivity contribution >= 4 is 0 Å². The number of alkyl halides is 3. The minimum Gasteiger partial charge on any atom is -0.372 e. The van der Waals surface area contributed by atoms with Crippen molar-refractivity contribution in [2.75, 3.05) is 26.4 Å². The van der Waals surface area contributed by atoms with E-state index in [0.717, 1.165) is 25.7 Å². The van der Waals surface area contributed by atoms with Crippen molar-refractivity contribution < 1.29 is 27.4 Å². The van der Waals surface area contributed by atoms with Crippen LogP contribution in [0.2, 0.25) is 0 Å². The molecule has 0 aromatic carbocycles. The van der Waals surface area contributed by atoms with Crippen molar-refractivity contribution in [2.24, 2.45) is 5.92 Å². The Morgan fingerprint density at radius 2 is 1.71 bits per heavy atom. The summed E-state index contributed by atoms with van der Waals surface area (Å²) in [6.45, 7) is 0.266. The topological polar surface area (TPSA) is 27.7 Å². The average Bonchev–Trinajstić information content (AvgIpc) is 2.68. The fourth-order valence-corrected chi connectivity index (χ4v) is 2.41. The molecule has 0 aromatic rings. The molecule has 100 valence electrons. The summed E-state index contributed by atoms with van der Waals surface area (Å²) in [7, 11) is 0. The van der Waals surface area contributed by atoms with Gasteiger partial charge in [-0.1, -0.05) is 0 Å². The molecular weight excluding hydrogens is 237 g/mol. The molecule has 0 N–H and O–H groups in total. The summed E-state index contributed by atoms with van der Waals surface area (Å²) in [5.74, 6) is -0.253. The van der Waals surface area contributed by atoms with Gasteiger partial charge >= 0.3 is 6.18 Å². The minimum atomic E-state index is -4.23. The van der Waals surface area contributed by atoms with E-state index in [2.05, 4.69) is 4.74 Å². The highest BCUT2D eigenvalue weighted by molar-refractivity contribution is 4.82. The van der Waals surface area contributed by atoms with Crippen LogP contribution in [0.1, 0.15) is 25.7 Å². The first kappa shape index (κ1) is 13.1. The van der Waals surface area contributed by atoms with E-state index in [1.54, 1.807) is 0 Å². The third-order valence-corrected chi connectivity index (χ3v) is 3.30. The van der Waals surface area contributed by atoms with Crippen LogP contribution in [0.4, 0.5) is 13.2 Å². The van der Waals surface area contributed by atoms with E-state index < -0.39 is 18.6 Å². The highest BCUT2D eigenvalue weighted by Gasteiger charge is 2.40. The van der Waals surface area contributed by atoms with Crippen LogP contribution in [0.25, 0.3) is 0 Å². The van der Waals surface area contributed by atoms with E-state index in [1.807, 2.05) is 0 Å². The summed E-state index contributed by atoms with van der Waals surface area (Å²) in [5.41, 5.74) is 0. The van der Waals surface area contributed by atoms with Crippen LogP contribution in [0.3, 0.4) is 0 Å². The summed E-state index contributed by atoms with van der Waals surface area (Å²) in [4.78, 5) is 0. The van der Waals surface area contributed by atoms with Crippen LogP contribution < -0.4 is 0 Å². The molecule has 1 saturated carbocycles. The Bertz CT molecular complexity index is 239. The molecule has 0 bridgehead atoms. The molecule has 0 aromatic heterocycles. The zero-order chi connectivity index (χ0) is 12.4. The Balaban J connectivity index is 1.65. The van der Waals surface area contributed by atoms with Crippen LogP contribution in [0.15, 0.2) is 0 Å². The molecule has 1 spiro atoms. The lowest BCUT2D eigenvalue weighted by molar-refractivity contribution is -0.194. The maximum Gasteiger partial charge on any atom is 0.411 e. The van der Waals surface area contributed by atoms with Gasteiger partial charge in [0.25, 0.3) is 0 Å². The van der Waals surface area contributed by atoms with Crippen LogP contribution >= 0.6 is 0 Å². The summed E-state index contributed by atoms with van der Waals surface area (Å²) in [5, 5.41) is 0. The molecule has 1 heterocycles. The third-order valence-electron chi connectivity index (χ3n) is 3.30. The Hall–Kier alpha value is -0.330. The molecule has 1 aliphatic heterocycles. The van der Waals surface area contributed by atoms with E-state index in [9.17, 15) is 13.2 Å². The van der Waals surface area contributed by atoms with Crippen molar-refractivity contribution in [1.29, 1.82) is 0 Å². The number of rotatable bonds is 3. The Morgan fingerprint density at radius 1 is 1.12 bits per heavy atom. The van der Waals surface area contributed by atoms with Gasteiger partial charge in [-0.2, -0.15) is 13.2 Å². The van der Waals surface area contributed by atoms with E-state index >= 15 is 0 Å². The maximum absolute atomic E-state index is 11.9. The largest absolute Gasteiger partial charge is 0.411 e. The van der Waals surface area contributed by atoms with Crippen LogP contribution in [0.5, 0.6) is 0 Å². The fraction of sp³-hybridized carbons (Fsp3) is 1.00. The van der Waals surface area contributed by atoms with Crippen molar-refractivity contribution in [2.45, 2.75) is 37.6 Å². The summed E-state index contributed by atoms with van der Waals surface area (Å²) < 4.78 is 51.4. The Kier molecular flexibility index (Phi) is 3.95. The van der Waals surface area contributed by atoms with Gasteiger partial charge in [-0.05, 0) is 18.8 Å². The molecule has 0 radical (unpaired) electrons. The highest BCUT2D eigenvalue weighted by atomic mass is 19.4. The van der Waals surface area contributed by atoms with Gasteiger partial charge in [0.15, 0.2) is 5.79 Å². The van der Waals surface area contributed by atoms with Gasteiger partial charge in [0.1, 0.15) is 6.61 Å². The lowest BCUT2D eigenvalue weighted by Crippen LogP contribution is -2.36. The van der Waals surface area contributed by atoms with E-state index in [4.69, 9.17) is 9.47 Å². The summed E-state index contributed by atoms with van der Waals surface area (Å²) >= 11 is 0. The molecule has 3 nitrogen and oxygen atoms in total. The lowest BCUT2D eigenvalue weighted by Gasteiger charge is -2.35. The molecular formula is C11H17F3O3. The molecule has 0 amide bonds. The van der Waals surface area contributed by atoms with Crippen molar-refractivity contribution in [3.05, 3.63) is 0 Å². The highest BCUT2D eigenvalue weighted by Crippen LogP contribution is 2.38. The van der Waals surface area contributed by atoms with E-state index in [1.165, 1.54) is 0 Å². The van der Waals surface area contributed by atoms with Gasteiger partial charge in [0, 0.05) is 19.4 Å². The first-order valence-corrected chi connectivity index (χ1v) is 5.92. The van der Waals surface area contributed by atoms with Crippen molar-refractivity contribution in [3.63, 3.8) is 0 Å². The molecule has 1 saturated heterocycles. The average molecular weight is 254 g/mol. The standard InChI is InChI=1S/C11H17F3O3/c12-11(13,14)8-15-7-9-1-3-10(4-2-9)16-5-6-17-10/h9H,1-8H2. The smallest absolute Gasteiger partial charge is 0.372 e. The van der Waals surface area contributed by atoms with Gasteiger partial charge in [0.05, 0.1) is 13.2 Å². The molecule has 0 atom stereocenters. The minimum absolute atomic E-state index is 0.176. The molecule has 17 heavy (non-hydrogen) atoms. The normalized spacial score (nSPS) is 25.6. The quantitative estimate of drug-likeness (QED) is 0.774. The second-order valence-corrected chi connectivity index (χ2v) is 4.68. The first-order chi connectivity index (χ1) is 7.99. The Morgan fingerprint density at radius 3 is 2.24 bits per heavy atom. The predicted octanol–water partition coefficient (Wildman–Crippen LogP) is 2.50. The van der Waals surface area contributed by atoms with Crippen LogP contribution in [-0.2, 0) is 14.2 Å². The van der Waals surface area contributed by atoms with Gasteiger partial charge in [-0.15, -0.1) is 0 Å². The second kappa shape index (κ2) is 5.12. The molecule has 1 aliphatic carbocycles. The number of ether oxygens (including phenoxy) is 3. The van der Waals surface area contributed by atoms with Gasteiger partial charge in [0.2, 0.25) is 0 Å². The SMILES string of the molecule is FC(F)(F)COCC1CCC2(CC1)OCCO2. The molecule has 0 unspecified atom stereocenters. The van der Waals surface area contributed by atoms with Gasteiger partial charge in [-0.3, -0.25) is 0 Å². The fourth-order valence-electron chi connectivity index (χ4n) is 2.41. The molecule has 2 fully saturated rings. The Labute approximate surface area is 98.2 Å². The first-order valence-electron chi connectivity index (χ1n) is 5.92. The van der Waals surface area contributed by atoms with E-state index in [0.29, 0.717) is 13.2 Å². The predicted molar refractivity (Wildman–Crippen MR) is 53.5 cm³/mol. The van der Waals surface area contributed by atoms with Gasteiger partial charge < -0.3 is 14.2 Å².